The van der Waals surface area contributed by atoms with Crippen LogP contribution in [-0.2, 0) is 14.4 Å². The fourth-order valence-electron chi connectivity index (χ4n) is 2.31. The van der Waals surface area contributed by atoms with E-state index in [-0.39, 0.29) is 12.3 Å². The van der Waals surface area contributed by atoms with Gasteiger partial charge in [0.15, 0.2) is 0 Å². The van der Waals surface area contributed by atoms with E-state index in [1.165, 1.54) is 0 Å². The number of rotatable bonds is 5. The van der Waals surface area contributed by atoms with Crippen molar-refractivity contribution >= 4 is 58.0 Å². The van der Waals surface area contributed by atoms with Crippen LogP contribution in [0.3, 0.4) is 0 Å². The summed E-state index contributed by atoms with van der Waals surface area (Å²) in [4.78, 5) is 36.1. The Kier molecular flexibility index (Phi) is 7.75. The SMILES string of the molecule is CC(CC(=O)Nc1cc(Cl)ccc1C)=NNC(=O)C(=O)Nc1cccc(Cl)c1C. The number of nitrogens with one attached hydrogen (secondary N) is 3. The van der Waals surface area contributed by atoms with Crippen LogP contribution < -0.4 is 16.1 Å². The number of hydrazone groups is 1. The molecule has 0 saturated carbocycles. The topological polar surface area (TPSA) is 99.7 Å². The first-order valence-electron chi connectivity index (χ1n) is 8.63. The molecule has 3 N–H and O–H groups in total. The molecule has 7 nitrogen and oxygen atoms in total. The van der Waals surface area contributed by atoms with Gasteiger partial charge in [-0.05, 0) is 56.2 Å². The lowest BCUT2D eigenvalue weighted by molar-refractivity contribution is -0.136. The fourth-order valence-corrected chi connectivity index (χ4v) is 2.66. The van der Waals surface area contributed by atoms with E-state index < -0.39 is 11.8 Å². The predicted molar refractivity (Wildman–Crippen MR) is 116 cm³/mol. The molecule has 0 bridgehead atoms. The third kappa shape index (κ3) is 6.58. The molecular formula is C20H20Cl2N4O3. The monoisotopic (exact) mass is 434 g/mol. The number of benzene rings is 2. The second-order valence-corrected chi connectivity index (χ2v) is 7.18. The van der Waals surface area contributed by atoms with Gasteiger partial charge in [-0.3, -0.25) is 14.4 Å². The highest BCUT2D eigenvalue weighted by Gasteiger charge is 2.15. The fraction of sp³-hybridized carbons (Fsp3) is 0.200. The smallest absolute Gasteiger partial charge is 0.325 e. The van der Waals surface area contributed by atoms with Crippen molar-refractivity contribution in [3.8, 4) is 0 Å². The number of aryl methyl sites for hydroxylation is 1. The zero-order valence-electron chi connectivity index (χ0n) is 16.1. The van der Waals surface area contributed by atoms with Crippen molar-refractivity contribution in [2.75, 3.05) is 10.6 Å². The van der Waals surface area contributed by atoms with E-state index in [0.29, 0.717) is 32.7 Å². The number of halogens is 2. The minimum absolute atomic E-state index is 0.0682. The van der Waals surface area contributed by atoms with E-state index in [1.54, 1.807) is 50.2 Å². The lowest BCUT2D eigenvalue weighted by Crippen LogP contribution is -2.33. The van der Waals surface area contributed by atoms with Gasteiger partial charge in [-0.25, -0.2) is 5.43 Å². The highest BCUT2D eigenvalue weighted by molar-refractivity contribution is 6.40. The lowest BCUT2D eigenvalue weighted by atomic mass is 10.2. The number of carbonyl (C=O) groups is 3. The maximum atomic E-state index is 12.1. The van der Waals surface area contributed by atoms with Crippen molar-refractivity contribution in [2.45, 2.75) is 27.2 Å². The first-order valence-corrected chi connectivity index (χ1v) is 9.38. The summed E-state index contributed by atoms with van der Waals surface area (Å²) in [6.07, 6.45) is -0.0682. The Hall–Kier alpha value is -2.90. The van der Waals surface area contributed by atoms with Crippen LogP contribution in [-0.4, -0.2) is 23.4 Å². The average molecular weight is 435 g/mol. The second-order valence-electron chi connectivity index (χ2n) is 6.34. The van der Waals surface area contributed by atoms with Crippen LogP contribution in [0.2, 0.25) is 10.0 Å². The highest BCUT2D eigenvalue weighted by atomic mass is 35.5. The lowest BCUT2D eigenvalue weighted by Gasteiger charge is -2.09. The van der Waals surface area contributed by atoms with Crippen LogP contribution in [0.25, 0.3) is 0 Å². The predicted octanol–water partition coefficient (Wildman–Crippen LogP) is 4.07. The van der Waals surface area contributed by atoms with Crippen LogP contribution in [0.4, 0.5) is 11.4 Å². The maximum absolute atomic E-state index is 12.1. The van der Waals surface area contributed by atoms with Crippen molar-refractivity contribution in [3.05, 3.63) is 57.6 Å². The van der Waals surface area contributed by atoms with E-state index in [9.17, 15) is 14.4 Å². The van der Waals surface area contributed by atoms with Gasteiger partial charge in [0.2, 0.25) is 5.91 Å². The van der Waals surface area contributed by atoms with Crippen molar-refractivity contribution in [1.29, 1.82) is 0 Å². The summed E-state index contributed by atoms with van der Waals surface area (Å²) in [5.74, 6) is -2.19. The first kappa shape index (κ1) is 22.4. The molecule has 0 atom stereocenters. The summed E-state index contributed by atoms with van der Waals surface area (Å²) in [7, 11) is 0. The molecule has 0 heterocycles. The van der Waals surface area contributed by atoms with Crippen LogP contribution in [0.15, 0.2) is 41.5 Å². The van der Waals surface area contributed by atoms with Gasteiger partial charge in [-0.1, -0.05) is 35.3 Å². The van der Waals surface area contributed by atoms with Gasteiger partial charge in [-0.15, -0.1) is 0 Å². The van der Waals surface area contributed by atoms with Gasteiger partial charge in [0.25, 0.3) is 0 Å². The second kappa shape index (κ2) is 10.0. The van der Waals surface area contributed by atoms with E-state index in [1.807, 2.05) is 6.92 Å². The molecule has 0 saturated heterocycles. The number of carbonyl (C=O) groups excluding carboxylic acids is 3. The van der Waals surface area contributed by atoms with Gasteiger partial charge in [0.05, 0.1) is 6.42 Å². The van der Waals surface area contributed by atoms with Crippen LogP contribution >= 0.6 is 23.2 Å². The van der Waals surface area contributed by atoms with Crippen molar-refractivity contribution in [1.82, 2.24) is 5.43 Å². The van der Waals surface area contributed by atoms with Crippen LogP contribution in [0, 0.1) is 13.8 Å². The standard InChI is InChI=1S/C20H20Cl2N4O3/c1-11-7-8-14(21)10-17(11)23-18(27)9-12(2)25-26-20(29)19(28)24-16-6-4-5-15(22)13(16)3/h4-8,10H,9H2,1-3H3,(H,23,27)(H,24,28)(H,26,29). The molecule has 2 aromatic carbocycles. The average Bonchev–Trinajstić information content (AvgIpc) is 2.66. The Labute approximate surface area is 178 Å². The number of hydrogen-bond donors (Lipinski definition) is 3. The van der Waals surface area contributed by atoms with Gasteiger partial charge < -0.3 is 10.6 Å². The minimum Gasteiger partial charge on any atom is -0.325 e. The zero-order chi connectivity index (χ0) is 21.6. The van der Waals surface area contributed by atoms with Crippen LogP contribution in [0.1, 0.15) is 24.5 Å². The normalized spacial score (nSPS) is 11.0. The van der Waals surface area contributed by atoms with E-state index >= 15 is 0 Å². The van der Waals surface area contributed by atoms with Crippen LogP contribution in [0.5, 0.6) is 0 Å². The molecule has 0 aliphatic rings. The number of hydrogen-bond acceptors (Lipinski definition) is 4. The molecule has 0 aliphatic carbocycles. The molecule has 0 aliphatic heterocycles. The Morgan fingerprint density at radius 1 is 0.966 bits per heavy atom. The molecule has 0 unspecified atom stereocenters. The molecule has 29 heavy (non-hydrogen) atoms. The summed E-state index contributed by atoms with van der Waals surface area (Å²) in [5, 5.41) is 9.96. The Balaban J connectivity index is 1.90. The number of amides is 3. The van der Waals surface area contributed by atoms with Crippen molar-refractivity contribution in [3.63, 3.8) is 0 Å². The summed E-state index contributed by atoms with van der Waals surface area (Å²) >= 11 is 11.9. The Morgan fingerprint density at radius 2 is 1.69 bits per heavy atom. The summed E-state index contributed by atoms with van der Waals surface area (Å²) < 4.78 is 0. The molecular weight excluding hydrogens is 415 g/mol. The Bertz CT molecular complexity index is 990. The quantitative estimate of drug-likeness (QED) is 0.375. The van der Waals surface area contributed by atoms with E-state index in [2.05, 4.69) is 21.2 Å². The third-order valence-corrected chi connectivity index (χ3v) is 4.61. The molecule has 2 rings (SSSR count). The minimum atomic E-state index is -0.963. The van der Waals surface area contributed by atoms with Gasteiger partial charge in [0.1, 0.15) is 0 Å². The van der Waals surface area contributed by atoms with E-state index in [4.69, 9.17) is 23.2 Å². The maximum Gasteiger partial charge on any atom is 0.329 e. The van der Waals surface area contributed by atoms with Gasteiger partial charge in [-0.2, -0.15) is 5.10 Å². The summed E-state index contributed by atoms with van der Waals surface area (Å²) in [6, 6.07) is 10.1. The first-order chi connectivity index (χ1) is 13.7. The van der Waals surface area contributed by atoms with Gasteiger partial charge in [0, 0.05) is 27.1 Å². The Morgan fingerprint density at radius 3 is 2.41 bits per heavy atom. The molecule has 0 fully saturated rings. The van der Waals surface area contributed by atoms with E-state index in [0.717, 1.165) is 5.56 Å². The number of anilines is 2. The highest BCUT2D eigenvalue weighted by Crippen LogP contribution is 2.23. The van der Waals surface area contributed by atoms with Gasteiger partial charge >= 0.3 is 11.8 Å². The van der Waals surface area contributed by atoms with Crippen molar-refractivity contribution < 1.29 is 14.4 Å². The largest absolute Gasteiger partial charge is 0.329 e. The number of nitrogens with zero attached hydrogens (tertiary/aromatic N) is 1. The molecule has 0 aromatic heterocycles. The van der Waals surface area contributed by atoms with Crippen molar-refractivity contribution in [2.24, 2.45) is 5.10 Å². The zero-order valence-corrected chi connectivity index (χ0v) is 17.6. The molecule has 2 aromatic rings. The molecule has 0 radical (unpaired) electrons. The molecule has 0 spiro atoms. The summed E-state index contributed by atoms with van der Waals surface area (Å²) in [6.45, 7) is 5.12. The molecule has 152 valence electrons. The third-order valence-electron chi connectivity index (χ3n) is 3.96. The summed E-state index contributed by atoms with van der Waals surface area (Å²) in [5.41, 5.74) is 4.97. The molecule has 9 heteroatoms. The molecule has 3 amide bonds.